The van der Waals surface area contributed by atoms with E-state index in [2.05, 4.69) is 20.8 Å². The summed E-state index contributed by atoms with van der Waals surface area (Å²) in [5.41, 5.74) is -0.0315. The molecule has 0 radical (unpaired) electrons. The van der Waals surface area contributed by atoms with Gasteiger partial charge in [0.05, 0.1) is 11.5 Å². The van der Waals surface area contributed by atoms with Gasteiger partial charge in [-0.2, -0.15) is 0 Å². The fraction of sp³-hybridized carbons (Fsp3) is 0.500. The molecule has 0 aliphatic carbocycles. The molecule has 0 unspecified atom stereocenters. The first-order chi connectivity index (χ1) is 7.81. The number of nitrogens with zero attached hydrogens (tertiary/aromatic N) is 1. The zero-order valence-corrected chi connectivity index (χ0v) is 11.0. The molecule has 0 amide bonds. The molecule has 0 aliphatic heterocycles. The van der Waals surface area contributed by atoms with Gasteiger partial charge in [-0.05, 0) is 24.0 Å². The van der Waals surface area contributed by atoms with E-state index in [4.69, 9.17) is 16.3 Å². The Bertz CT molecular complexity index is 413. The van der Waals surface area contributed by atoms with Crippen LogP contribution in [0.25, 0.3) is 0 Å². The molecule has 4 nitrogen and oxygen atoms in total. The summed E-state index contributed by atoms with van der Waals surface area (Å²) in [5.74, 6) is 0.228. The summed E-state index contributed by atoms with van der Waals surface area (Å²) in [6, 6.07) is 4.69. The van der Waals surface area contributed by atoms with Gasteiger partial charge in [0.1, 0.15) is 5.02 Å². The first-order valence-corrected chi connectivity index (χ1v) is 5.75. The molecule has 94 valence electrons. The van der Waals surface area contributed by atoms with Crippen molar-refractivity contribution >= 4 is 17.3 Å². The van der Waals surface area contributed by atoms with Crippen LogP contribution in [-0.2, 0) is 0 Å². The van der Waals surface area contributed by atoms with Gasteiger partial charge < -0.3 is 4.74 Å². The molecule has 0 saturated heterocycles. The largest absolute Gasteiger partial charge is 0.487 e. The van der Waals surface area contributed by atoms with Gasteiger partial charge in [-0.25, -0.2) is 0 Å². The molecule has 0 spiro atoms. The quantitative estimate of drug-likeness (QED) is 0.604. The molecule has 0 N–H and O–H groups in total. The minimum absolute atomic E-state index is 0.100. The van der Waals surface area contributed by atoms with E-state index >= 15 is 0 Å². The zero-order chi connectivity index (χ0) is 13.1. The fourth-order valence-corrected chi connectivity index (χ4v) is 1.49. The van der Waals surface area contributed by atoms with Crippen LogP contribution in [-0.4, -0.2) is 11.5 Å². The van der Waals surface area contributed by atoms with Gasteiger partial charge in [0.25, 0.3) is 0 Å². The minimum atomic E-state index is -0.519. The number of hydrogen-bond donors (Lipinski definition) is 0. The van der Waals surface area contributed by atoms with Crippen LogP contribution in [0.2, 0.25) is 5.02 Å². The van der Waals surface area contributed by atoms with Crippen LogP contribution < -0.4 is 4.74 Å². The van der Waals surface area contributed by atoms with Gasteiger partial charge in [0.2, 0.25) is 0 Å². The normalized spacial score (nSPS) is 11.3. The molecule has 17 heavy (non-hydrogen) atoms. The summed E-state index contributed by atoms with van der Waals surface area (Å²) in [6.45, 7) is 6.69. The average Bonchev–Trinajstić information content (AvgIpc) is 2.14. The predicted octanol–water partition coefficient (Wildman–Crippen LogP) is 4.06. The van der Waals surface area contributed by atoms with Crippen LogP contribution in [0.3, 0.4) is 0 Å². The molecule has 0 aromatic heterocycles. The third-order valence-corrected chi connectivity index (χ3v) is 2.55. The number of benzene rings is 1. The van der Waals surface area contributed by atoms with Crippen molar-refractivity contribution in [2.75, 3.05) is 6.61 Å². The third-order valence-electron chi connectivity index (χ3n) is 2.24. The second-order valence-corrected chi connectivity index (χ2v) is 5.41. The summed E-state index contributed by atoms with van der Waals surface area (Å²) in [7, 11) is 0. The first-order valence-electron chi connectivity index (χ1n) is 5.37. The molecule has 0 bridgehead atoms. The molecular weight excluding hydrogens is 242 g/mol. The van der Waals surface area contributed by atoms with E-state index in [-0.39, 0.29) is 21.9 Å². The van der Waals surface area contributed by atoms with E-state index in [1.807, 2.05) is 0 Å². The highest BCUT2D eigenvalue weighted by Crippen LogP contribution is 2.34. The summed E-state index contributed by atoms with van der Waals surface area (Å²) in [6.07, 6.45) is 0.816. The van der Waals surface area contributed by atoms with Gasteiger partial charge in [-0.3, -0.25) is 10.1 Å². The second-order valence-electron chi connectivity index (χ2n) is 5.00. The molecule has 1 aromatic rings. The lowest BCUT2D eigenvalue weighted by Crippen LogP contribution is -2.11. The van der Waals surface area contributed by atoms with E-state index in [9.17, 15) is 10.1 Å². The highest BCUT2D eigenvalue weighted by molar-refractivity contribution is 6.32. The number of nitro benzene ring substituents is 1. The van der Waals surface area contributed by atoms with Crippen molar-refractivity contribution in [2.45, 2.75) is 27.2 Å². The molecular formula is C12H16ClNO3. The summed E-state index contributed by atoms with van der Waals surface area (Å²) >= 11 is 5.77. The highest BCUT2D eigenvalue weighted by atomic mass is 35.5. The number of para-hydroxylation sites is 1. The van der Waals surface area contributed by atoms with E-state index in [0.717, 1.165) is 6.42 Å². The van der Waals surface area contributed by atoms with Crippen molar-refractivity contribution in [3.8, 4) is 5.75 Å². The number of hydrogen-bond acceptors (Lipinski definition) is 3. The van der Waals surface area contributed by atoms with Crippen molar-refractivity contribution < 1.29 is 9.66 Å². The number of nitro groups is 1. The Morgan fingerprint density at radius 1 is 1.41 bits per heavy atom. The summed E-state index contributed by atoms with van der Waals surface area (Å²) in [4.78, 5) is 10.3. The van der Waals surface area contributed by atoms with Crippen LogP contribution in [0.15, 0.2) is 18.2 Å². The highest BCUT2D eigenvalue weighted by Gasteiger charge is 2.20. The Balaban J connectivity index is 2.78. The van der Waals surface area contributed by atoms with Crippen molar-refractivity contribution in [1.82, 2.24) is 0 Å². The number of ether oxygens (including phenoxy) is 1. The topological polar surface area (TPSA) is 52.4 Å². The molecule has 1 aromatic carbocycles. The molecule has 1 rings (SSSR count). The maximum absolute atomic E-state index is 10.8. The molecule has 0 fully saturated rings. The van der Waals surface area contributed by atoms with Gasteiger partial charge in [0.15, 0.2) is 5.75 Å². The van der Waals surface area contributed by atoms with Crippen molar-refractivity contribution in [3.05, 3.63) is 33.3 Å². The average molecular weight is 258 g/mol. The molecule has 0 atom stereocenters. The van der Waals surface area contributed by atoms with Crippen molar-refractivity contribution in [2.24, 2.45) is 5.41 Å². The zero-order valence-electron chi connectivity index (χ0n) is 10.2. The van der Waals surface area contributed by atoms with E-state index < -0.39 is 4.92 Å². The Hall–Kier alpha value is -1.29. The Labute approximate surface area is 106 Å². The second kappa shape index (κ2) is 5.36. The lowest BCUT2D eigenvalue weighted by molar-refractivity contribution is -0.385. The van der Waals surface area contributed by atoms with Gasteiger partial charge >= 0.3 is 5.69 Å². The Morgan fingerprint density at radius 2 is 2.06 bits per heavy atom. The molecule has 0 aliphatic rings. The smallest absolute Gasteiger partial charge is 0.329 e. The van der Waals surface area contributed by atoms with Crippen LogP contribution >= 0.6 is 11.6 Å². The third kappa shape index (κ3) is 4.23. The first kappa shape index (κ1) is 13.8. The van der Waals surface area contributed by atoms with Crippen LogP contribution in [0.4, 0.5) is 5.69 Å². The van der Waals surface area contributed by atoms with Gasteiger partial charge in [-0.1, -0.05) is 38.4 Å². The summed E-state index contributed by atoms with van der Waals surface area (Å²) < 4.78 is 5.43. The number of rotatable bonds is 4. The van der Waals surface area contributed by atoms with Crippen LogP contribution in [0.5, 0.6) is 5.75 Å². The van der Waals surface area contributed by atoms with E-state index in [1.165, 1.54) is 6.07 Å². The lowest BCUT2D eigenvalue weighted by atomic mass is 9.93. The Kier molecular flexibility index (Phi) is 4.34. The van der Waals surface area contributed by atoms with E-state index in [1.54, 1.807) is 12.1 Å². The standard InChI is InChI=1S/C12H16ClNO3/c1-12(2,3)7-8-17-10-6-4-5-9(13)11(10)14(15)16/h4-6H,7-8H2,1-3H3. The van der Waals surface area contributed by atoms with Crippen molar-refractivity contribution in [1.29, 1.82) is 0 Å². The SMILES string of the molecule is CC(C)(C)CCOc1cccc(Cl)c1[N+](=O)[O-]. The van der Waals surface area contributed by atoms with Gasteiger partial charge in [0, 0.05) is 0 Å². The fourth-order valence-electron chi connectivity index (χ4n) is 1.26. The van der Waals surface area contributed by atoms with Crippen LogP contribution in [0.1, 0.15) is 27.2 Å². The monoisotopic (exact) mass is 257 g/mol. The molecule has 0 saturated carbocycles. The van der Waals surface area contributed by atoms with E-state index in [0.29, 0.717) is 6.61 Å². The number of halogens is 1. The maximum atomic E-state index is 10.8. The summed E-state index contributed by atoms with van der Waals surface area (Å²) in [5, 5.41) is 10.9. The molecule has 0 heterocycles. The minimum Gasteiger partial charge on any atom is -0.487 e. The van der Waals surface area contributed by atoms with Gasteiger partial charge in [-0.15, -0.1) is 0 Å². The lowest BCUT2D eigenvalue weighted by Gasteiger charge is -2.18. The molecule has 5 heteroatoms. The maximum Gasteiger partial charge on any atom is 0.329 e. The van der Waals surface area contributed by atoms with Crippen molar-refractivity contribution in [3.63, 3.8) is 0 Å². The predicted molar refractivity (Wildman–Crippen MR) is 67.7 cm³/mol. The van der Waals surface area contributed by atoms with Crippen LogP contribution in [0, 0.1) is 15.5 Å². The Morgan fingerprint density at radius 3 is 2.59 bits per heavy atom.